The van der Waals surface area contributed by atoms with E-state index < -0.39 is 0 Å². The van der Waals surface area contributed by atoms with Gasteiger partial charge in [0.25, 0.3) is 0 Å². The molecule has 1 aliphatic rings. The van der Waals surface area contributed by atoms with E-state index in [0.29, 0.717) is 22.3 Å². The Morgan fingerprint density at radius 2 is 0.594 bits per heavy atom. The maximum atomic E-state index is 12.1. The average molecular weight is 410 g/mol. The fraction of sp³-hybridized carbons (Fsp3) is 0. The van der Waals surface area contributed by atoms with Crippen molar-refractivity contribution in [3.05, 3.63) is 131 Å². The van der Waals surface area contributed by atoms with Crippen LogP contribution in [-0.4, -0.2) is 11.6 Å². The van der Waals surface area contributed by atoms with E-state index in [9.17, 15) is 9.59 Å². The zero-order valence-corrected chi connectivity index (χ0v) is 17.2. The Labute approximate surface area is 185 Å². The Bertz CT molecular complexity index is 1420. The van der Waals surface area contributed by atoms with Crippen molar-refractivity contribution in [2.45, 2.75) is 0 Å². The number of hydrogen-bond acceptors (Lipinski definition) is 2. The highest BCUT2D eigenvalue weighted by molar-refractivity contribution is 6.28. The second-order valence-corrected chi connectivity index (χ2v) is 8.04. The van der Waals surface area contributed by atoms with E-state index in [1.807, 2.05) is 0 Å². The van der Waals surface area contributed by atoms with Crippen molar-refractivity contribution in [3.63, 3.8) is 0 Å². The molecule has 32 heavy (non-hydrogen) atoms. The van der Waals surface area contributed by atoms with Crippen LogP contribution in [0, 0.1) is 0 Å². The summed E-state index contributed by atoms with van der Waals surface area (Å²) < 4.78 is 0. The van der Waals surface area contributed by atoms with Gasteiger partial charge in [0, 0.05) is 22.3 Å². The lowest BCUT2D eigenvalue weighted by atomic mass is 9.84. The van der Waals surface area contributed by atoms with Gasteiger partial charge in [0.15, 0.2) is 11.6 Å². The van der Waals surface area contributed by atoms with Gasteiger partial charge < -0.3 is 0 Å². The van der Waals surface area contributed by atoms with E-state index in [1.54, 1.807) is 48.5 Å². The van der Waals surface area contributed by atoms with Gasteiger partial charge in [0.2, 0.25) is 0 Å². The molecule has 0 unspecified atom stereocenters. The first kappa shape index (κ1) is 18.5. The van der Waals surface area contributed by atoms with Crippen LogP contribution < -0.4 is 0 Å². The fourth-order valence-electron chi connectivity index (χ4n) is 4.72. The Hall–Kier alpha value is -4.30. The summed E-state index contributed by atoms with van der Waals surface area (Å²) in [5, 5.41) is 8.14. The number of carbonyl (C=O) groups excluding carboxylic acids is 2. The topological polar surface area (TPSA) is 34.1 Å². The quantitative estimate of drug-likeness (QED) is 0.251. The van der Waals surface area contributed by atoms with Crippen molar-refractivity contribution < 1.29 is 9.59 Å². The molecular weight excluding hydrogens is 392 g/mol. The van der Waals surface area contributed by atoms with E-state index in [4.69, 9.17) is 0 Å². The minimum Gasteiger partial charge on any atom is -0.289 e. The second-order valence-electron chi connectivity index (χ2n) is 8.04. The Balaban J connectivity index is 0.000000122. The lowest BCUT2D eigenvalue weighted by Crippen LogP contribution is -2.20. The van der Waals surface area contributed by atoms with Gasteiger partial charge in [0.05, 0.1) is 0 Å². The molecule has 0 spiro atoms. The van der Waals surface area contributed by atoms with Gasteiger partial charge in [-0.15, -0.1) is 0 Å². The highest BCUT2D eigenvalue weighted by Crippen LogP contribution is 2.34. The van der Waals surface area contributed by atoms with Crippen LogP contribution in [0.1, 0.15) is 31.8 Å². The van der Waals surface area contributed by atoms with Crippen molar-refractivity contribution in [2.75, 3.05) is 0 Å². The fourth-order valence-corrected chi connectivity index (χ4v) is 4.72. The van der Waals surface area contributed by atoms with Crippen LogP contribution in [0.15, 0.2) is 109 Å². The van der Waals surface area contributed by atoms with Crippen molar-refractivity contribution in [2.24, 2.45) is 0 Å². The maximum Gasteiger partial charge on any atom is 0.194 e. The predicted molar refractivity (Wildman–Crippen MR) is 130 cm³/mol. The number of benzene rings is 6. The lowest BCUT2D eigenvalue weighted by molar-refractivity contribution is 0.0979. The van der Waals surface area contributed by atoms with Crippen LogP contribution in [0.5, 0.6) is 0 Å². The Morgan fingerprint density at radius 3 is 0.875 bits per heavy atom. The standard InChI is InChI=1S/C16H10.C14H8O2/c1-3-11-7-9-13-5-2-6-14-10-8-12(4-1)15(11)16(13)14;15-13-9-5-1-2-6-10(9)14(16)12-8-4-3-7-11(12)13/h1-10H;1-8H. The molecule has 0 saturated carbocycles. The molecule has 0 aromatic heterocycles. The summed E-state index contributed by atoms with van der Waals surface area (Å²) >= 11 is 0. The normalized spacial score (nSPS) is 12.5. The molecule has 0 aliphatic heterocycles. The summed E-state index contributed by atoms with van der Waals surface area (Å²) in [4.78, 5) is 24.2. The smallest absolute Gasteiger partial charge is 0.194 e. The van der Waals surface area contributed by atoms with Crippen molar-refractivity contribution in [3.8, 4) is 0 Å². The summed E-state index contributed by atoms with van der Waals surface area (Å²) in [6.07, 6.45) is 0. The second kappa shape index (κ2) is 7.14. The van der Waals surface area contributed by atoms with Crippen molar-refractivity contribution in [1.82, 2.24) is 0 Å². The molecule has 7 rings (SSSR count). The van der Waals surface area contributed by atoms with Crippen LogP contribution in [0.3, 0.4) is 0 Å². The first-order chi connectivity index (χ1) is 15.7. The minimum atomic E-state index is -0.0641. The zero-order chi connectivity index (χ0) is 21.7. The van der Waals surface area contributed by atoms with E-state index in [0.717, 1.165) is 0 Å². The number of fused-ring (bicyclic) bond motifs is 2. The van der Waals surface area contributed by atoms with Gasteiger partial charge in [-0.05, 0) is 32.3 Å². The van der Waals surface area contributed by atoms with Gasteiger partial charge in [-0.1, -0.05) is 109 Å². The maximum absolute atomic E-state index is 12.1. The van der Waals surface area contributed by atoms with E-state index in [1.165, 1.54) is 32.3 Å². The molecular formula is C30H18O2. The molecule has 0 amide bonds. The molecule has 0 N–H and O–H groups in total. The van der Waals surface area contributed by atoms with Crippen LogP contribution in [0.2, 0.25) is 0 Å². The Morgan fingerprint density at radius 1 is 0.312 bits per heavy atom. The molecule has 6 aromatic rings. The van der Waals surface area contributed by atoms with Gasteiger partial charge in [0.1, 0.15) is 0 Å². The van der Waals surface area contributed by atoms with Crippen molar-refractivity contribution >= 4 is 43.9 Å². The van der Waals surface area contributed by atoms with Crippen LogP contribution in [0.25, 0.3) is 32.3 Å². The highest BCUT2D eigenvalue weighted by atomic mass is 16.1. The zero-order valence-electron chi connectivity index (χ0n) is 17.2. The monoisotopic (exact) mass is 410 g/mol. The molecule has 0 fully saturated rings. The molecule has 2 heteroatoms. The summed E-state index contributed by atoms with van der Waals surface area (Å²) in [5.41, 5.74) is 2.02. The summed E-state index contributed by atoms with van der Waals surface area (Å²) in [6, 6.07) is 35.8. The molecule has 0 heterocycles. The molecule has 6 aromatic carbocycles. The van der Waals surface area contributed by atoms with Gasteiger partial charge >= 0.3 is 0 Å². The third-order valence-electron chi connectivity index (χ3n) is 6.23. The van der Waals surface area contributed by atoms with Gasteiger partial charge in [-0.2, -0.15) is 0 Å². The number of rotatable bonds is 0. The highest BCUT2D eigenvalue weighted by Gasteiger charge is 2.28. The van der Waals surface area contributed by atoms with Gasteiger partial charge in [-0.3, -0.25) is 9.59 Å². The largest absolute Gasteiger partial charge is 0.289 e. The van der Waals surface area contributed by atoms with Crippen LogP contribution >= 0.6 is 0 Å². The molecule has 0 bridgehead atoms. The summed E-state index contributed by atoms with van der Waals surface area (Å²) in [5.74, 6) is -0.128. The first-order valence-corrected chi connectivity index (χ1v) is 10.6. The minimum absolute atomic E-state index is 0.0641. The summed E-state index contributed by atoms with van der Waals surface area (Å²) in [7, 11) is 0. The first-order valence-electron chi connectivity index (χ1n) is 10.6. The van der Waals surface area contributed by atoms with Crippen LogP contribution in [-0.2, 0) is 0 Å². The molecule has 2 nitrogen and oxygen atoms in total. The number of carbonyl (C=O) groups is 2. The lowest BCUT2D eigenvalue weighted by Gasteiger charge is -2.16. The summed E-state index contributed by atoms with van der Waals surface area (Å²) in [6.45, 7) is 0. The third-order valence-corrected chi connectivity index (χ3v) is 6.23. The SMILES string of the molecule is O=C1c2ccccc2C(=O)c2ccccc21.c1cc2ccc3cccc4ccc(c1)c2c34. The van der Waals surface area contributed by atoms with Crippen LogP contribution in [0.4, 0.5) is 0 Å². The predicted octanol–water partition coefficient (Wildman–Crippen LogP) is 7.05. The molecule has 0 radical (unpaired) electrons. The molecule has 0 atom stereocenters. The molecule has 150 valence electrons. The van der Waals surface area contributed by atoms with Gasteiger partial charge in [-0.25, -0.2) is 0 Å². The molecule has 0 saturated heterocycles. The van der Waals surface area contributed by atoms with E-state index in [2.05, 4.69) is 60.7 Å². The van der Waals surface area contributed by atoms with Crippen molar-refractivity contribution in [1.29, 1.82) is 0 Å². The third kappa shape index (κ3) is 2.74. The average Bonchev–Trinajstić information content (AvgIpc) is 2.86. The number of hydrogen-bond donors (Lipinski definition) is 0. The molecule has 1 aliphatic carbocycles. The van der Waals surface area contributed by atoms with E-state index >= 15 is 0 Å². The number of ketones is 2. The van der Waals surface area contributed by atoms with E-state index in [-0.39, 0.29) is 11.6 Å². The Kier molecular flexibility index (Phi) is 4.12.